The van der Waals surface area contributed by atoms with Crippen molar-refractivity contribution in [1.29, 1.82) is 0 Å². The van der Waals surface area contributed by atoms with Crippen molar-refractivity contribution in [2.45, 2.75) is 24.2 Å². The van der Waals surface area contributed by atoms with Gasteiger partial charge in [0.05, 0.1) is 37.0 Å². The third-order valence-electron chi connectivity index (χ3n) is 6.84. The highest BCUT2D eigenvalue weighted by molar-refractivity contribution is 7.92. The third kappa shape index (κ3) is 6.70. The number of anilines is 1. The molecule has 206 valence electrons. The van der Waals surface area contributed by atoms with Crippen LogP contribution in [0.2, 0.25) is 0 Å². The zero-order valence-electron chi connectivity index (χ0n) is 21.6. The summed E-state index contributed by atoms with van der Waals surface area (Å²) in [5, 5.41) is 10.4. The van der Waals surface area contributed by atoms with E-state index in [1.165, 1.54) is 24.3 Å². The fraction of sp³-hybridized carbons (Fsp3) is 0.345. The molecule has 3 aromatic carbocycles. The number of fused-ring (bicyclic) bond motifs is 1. The number of phenols is 1. The van der Waals surface area contributed by atoms with Crippen molar-refractivity contribution in [3.63, 3.8) is 0 Å². The van der Waals surface area contributed by atoms with E-state index in [1.807, 2.05) is 24.3 Å². The maximum atomic E-state index is 13.1. The van der Waals surface area contributed by atoms with Crippen LogP contribution in [-0.2, 0) is 25.9 Å². The van der Waals surface area contributed by atoms with Crippen molar-refractivity contribution in [3.8, 4) is 22.6 Å². The fourth-order valence-corrected chi connectivity index (χ4v) is 5.79. The summed E-state index contributed by atoms with van der Waals surface area (Å²) in [6, 6.07) is 16.5. The Morgan fingerprint density at radius 2 is 1.79 bits per heavy atom. The van der Waals surface area contributed by atoms with Crippen molar-refractivity contribution < 1.29 is 32.5 Å². The Morgan fingerprint density at radius 3 is 2.62 bits per heavy atom. The third-order valence-corrected chi connectivity index (χ3v) is 8.22. The van der Waals surface area contributed by atoms with Crippen LogP contribution in [0.15, 0.2) is 65.6 Å². The standard InChI is InChI=1S/C29H32N2O7S/c32-27-20-24(7-8-26(27)29(33)38-14-2-1-11-31-12-16-36-17-13-31)30-39(34,35)25-5-3-4-21(19-25)22-6-9-28-23(18-22)10-15-37-28/h3-9,18-20,30,32H,1-2,10-17H2. The van der Waals surface area contributed by atoms with E-state index in [0.29, 0.717) is 13.0 Å². The Hall–Kier alpha value is -3.60. The molecule has 39 heavy (non-hydrogen) atoms. The number of carbonyl (C=O) groups excluding carboxylic acids is 1. The fourth-order valence-electron chi connectivity index (χ4n) is 4.70. The first-order chi connectivity index (χ1) is 18.9. The maximum absolute atomic E-state index is 13.1. The van der Waals surface area contributed by atoms with Gasteiger partial charge in [0.25, 0.3) is 10.0 Å². The zero-order valence-corrected chi connectivity index (χ0v) is 22.4. The Kier molecular flexibility index (Phi) is 8.35. The average Bonchev–Trinajstić information content (AvgIpc) is 3.41. The van der Waals surface area contributed by atoms with Gasteiger partial charge in [-0.1, -0.05) is 18.2 Å². The summed E-state index contributed by atoms with van der Waals surface area (Å²) in [7, 11) is -3.95. The van der Waals surface area contributed by atoms with Crippen LogP contribution in [0.4, 0.5) is 5.69 Å². The van der Waals surface area contributed by atoms with Crippen LogP contribution in [0.1, 0.15) is 28.8 Å². The van der Waals surface area contributed by atoms with Gasteiger partial charge < -0.3 is 19.3 Å². The average molecular weight is 553 g/mol. The molecule has 1 fully saturated rings. The number of unbranched alkanes of at least 4 members (excludes halogenated alkanes) is 1. The molecule has 2 aliphatic rings. The largest absolute Gasteiger partial charge is 0.507 e. The van der Waals surface area contributed by atoms with E-state index < -0.39 is 16.0 Å². The number of nitrogens with zero attached hydrogens (tertiary/aromatic N) is 1. The number of phenolic OH excluding ortho intramolecular Hbond substituents is 1. The van der Waals surface area contributed by atoms with E-state index in [2.05, 4.69) is 9.62 Å². The minimum Gasteiger partial charge on any atom is -0.507 e. The van der Waals surface area contributed by atoms with Gasteiger partial charge in [0.1, 0.15) is 17.1 Å². The molecule has 0 aliphatic carbocycles. The highest BCUT2D eigenvalue weighted by Gasteiger charge is 2.19. The summed E-state index contributed by atoms with van der Waals surface area (Å²) in [5.41, 5.74) is 2.88. The SMILES string of the molecule is O=C(OCCCCN1CCOCC1)c1ccc(NS(=O)(=O)c2cccc(-c3ccc4c(c3)CCO4)c2)cc1O. The lowest BCUT2D eigenvalue weighted by Gasteiger charge is -2.26. The number of morpholine rings is 1. The smallest absolute Gasteiger partial charge is 0.341 e. The van der Waals surface area contributed by atoms with E-state index in [4.69, 9.17) is 14.2 Å². The predicted molar refractivity (Wildman–Crippen MR) is 147 cm³/mol. The Bertz CT molecular complexity index is 1440. The van der Waals surface area contributed by atoms with Crippen molar-refractivity contribution >= 4 is 21.7 Å². The zero-order chi connectivity index (χ0) is 27.2. The molecule has 0 unspecified atom stereocenters. The van der Waals surface area contributed by atoms with Crippen LogP contribution in [-0.4, -0.2) is 70.5 Å². The molecular formula is C29H32N2O7S. The number of nitrogens with one attached hydrogen (secondary N) is 1. The van der Waals surface area contributed by atoms with Crippen LogP contribution in [0.5, 0.6) is 11.5 Å². The first-order valence-electron chi connectivity index (χ1n) is 13.1. The lowest BCUT2D eigenvalue weighted by molar-refractivity contribution is 0.0348. The molecule has 2 heterocycles. The summed E-state index contributed by atoms with van der Waals surface area (Å²) in [5.74, 6) is -0.150. The summed E-state index contributed by atoms with van der Waals surface area (Å²) >= 11 is 0. The Balaban J connectivity index is 1.18. The summed E-state index contributed by atoms with van der Waals surface area (Å²) < 4.78 is 44.9. The van der Waals surface area contributed by atoms with E-state index >= 15 is 0 Å². The van der Waals surface area contributed by atoms with Gasteiger partial charge in [-0.25, -0.2) is 13.2 Å². The molecule has 3 aromatic rings. The van der Waals surface area contributed by atoms with E-state index in [-0.39, 0.29) is 28.5 Å². The van der Waals surface area contributed by atoms with Crippen LogP contribution in [0.25, 0.3) is 11.1 Å². The summed E-state index contributed by atoms with van der Waals surface area (Å²) in [6.07, 6.45) is 2.42. The van der Waals surface area contributed by atoms with Gasteiger partial charge >= 0.3 is 5.97 Å². The second-order valence-corrected chi connectivity index (χ2v) is 11.3. The van der Waals surface area contributed by atoms with E-state index in [9.17, 15) is 18.3 Å². The number of hydrogen-bond acceptors (Lipinski definition) is 8. The molecule has 5 rings (SSSR count). The lowest BCUT2D eigenvalue weighted by Crippen LogP contribution is -2.36. The number of esters is 1. The van der Waals surface area contributed by atoms with Gasteiger partial charge in [0.15, 0.2) is 0 Å². The first kappa shape index (κ1) is 27.0. The monoisotopic (exact) mass is 552 g/mol. The molecule has 0 atom stereocenters. The minimum absolute atomic E-state index is 0.0197. The molecule has 0 radical (unpaired) electrons. The maximum Gasteiger partial charge on any atom is 0.341 e. The first-order valence-corrected chi connectivity index (χ1v) is 14.6. The van der Waals surface area contributed by atoms with Crippen molar-refractivity contribution in [2.24, 2.45) is 0 Å². The quantitative estimate of drug-likeness (QED) is 0.286. The predicted octanol–water partition coefficient (Wildman–Crippen LogP) is 4.06. The van der Waals surface area contributed by atoms with E-state index in [1.54, 1.807) is 12.1 Å². The molecular weight excluding hydrogens is 520 g/mol. The van der Waals surface area contributed by atoms with Crippen LogP contribution < -0.4 is 9.46 Å². The van der Waals surface area contributed by atoms with Gasteiger partial charge in [0, 0.05) is 25.6 Å². The molecule has 0 spiro atoms. The number of sulfonamides is 1. The molecule has 0 bridgehead atoms. The highest BCUT2D eigenvalue weighted by Crippen LogP contribution is 2.32. The molecule has 9 nitrogen and oxygen atoms in total. The van der Waals surface area contributed by atoms with Crippen LogP contribution >= 0.6 is 0 Å². The van der Waals surface area contributed by atoms with Gasteiger partial charge in [-0.3, -0.25) is 9.62 Å². The molecule has 0 saturated carbocycles. The van der Waals surface area contributed by atoms with Gasteiger partial charge in [-0.2, -0.15) is 0 Å². The normalized spacial score (nSPS) is 15.4. The number of hydrogen-bond donors (Lipinski definition) is 2. The van der Waals surface area contributed by atoms with Gasteiger partial charge in [0.2, 0.25) is 0 Å². The highest BCUT2D eigenvalue weighted by atomic mass is 32.2. The van der Waals surface area contributed by atoms with Crippen LogP contribution in [0.3, 0.4) is 0 Å². The topological polar surface area (TPSA) is 114 Å². The molecule has 2 N–H and O–H groups in total. The van der Waals surface area contributed by atoms with Gasteiger partial charge in [-0.05, 0) is 72.5 Å². The summed E-state index contributed by atoms with van der Waals surface area (Å²) in [6.45, 7) is 5.14. The Morgan fingerprint density at radius 1 is 0.974 bits per heavy atom. The molecule has 10 heteroatoms. The molecule has 0 amide bonds. The molecule has 2 aliphatic heterocycles. The minimum atomic E-state index is -3.95. The van der Waals surface area contributed by atoms with Crippen molar-refractivity contribution in [3.05, 3.63) is 71.8 Å². The van der Waals surface area contributed by atoms with Crippen LogP contribution in [0, 0.1) is 0 Å². The summed E-state index contributed by atoms with van der Waals surface area (Å²) in [4.78, 5) is 14.8. The van der Waals surface area contributed by atoms with Crippen molar-refractivity contribution in [1.82, 2.24) is 4.90 Å². The number of rotatable bonds is 10. The van der Waals surface area contributed by atoms with Crippen molar-refractivity contribution in [2.75, 3.05) is 50.8 Å². The second kappa shape index (κ2) is 12.1. The number of benzene rings is 3. The number of carbonyl (C=O) groups is 1. The van der Waals surface area contributed by atoms with Gasteiger partial charge in [-0.15, -0.1) is 0 Å². The number of aromatic hydroxyl groups is 1. The van der Waals surface area contributed by atoms with E-state index in [0.717, 1.165) is 68.1 Å². The lowest BCUT2D eigenvalue weighted by atomic mass is 10.0. The second-order valence-electron chi connectivity index (χ2n) is 9.58. The Labute approximate surface area is 228 Å². The number of ether oxygens (including phenoxy) is 3. The molecule has 0 aromatic heterocycles. The molecule has 1 saturated heterocycles.